The second-order valence-electron chi connectivity index (χ2n) is 4.58. The molecule has 3 N–H and O–H groups in total. The molecule has 3 amide bonds. The van der Waals surface area contributed by atoms with Crippen molar-refractivity contribution in [3.8, 4) is 0 Å². The third-order valence-corrected chi connectivity index (χ3v) is 3.43. The van der Waals surface area contributed by atoms with Crippen LogP contribution in [0.5, 0.6) is 0 Å². The van der Waals surface area contributed by atoms with Crippen LogP contribution in [0.4, 0.5) is 10.5 Å². The maximum atomic E-state index is 12.1. The van der Waals surface area contributed by atoms with Crippen LogP contribution in [-0.4, -0.2) is 27.9 Å². The average Bonchev–Trinajstić information content (AvgIpc) is 2.73. The third-order valence-electron chi connectivity index (χ3n) is 3.43. The van der Waals surface area contributed by atoms with Gasteiger partial charge in [0.1, 0.15) is 0 Å². The summed E-state index contributed by atoms with van der Waals surface area (Å²) in [6.07, 6.45) is 0. The number of nitrogens with zero attached hydrogens (tertiary/aromatic N) is 1. The lowest BCUT2D eigenvalue weighted by atomic mass is 9.78. The van der Waals surface area contributed by atoms with E-state index in [-0.39, 0.29) is 11.3 Å². The third kappa shape index (κ3) is 2.18. The summed E-state index contributed by atoms with van der Waals surface area (Å²) in [5.74, 6) is -3.49. The number of amides is 3. The number of aliphatic carboxylic acids is 1. The van der Waals surface area contributed by atoms with Crippen LogP contribution in [0, 0.1) is 16.0 Å². The van der Waals surface area contributed by atoms with Gasteiger partial charge in [0, 0.05) is 12.1 Å². The molecule has 2 atom stereocenters. The van der Waals surface area contributed by atoms with Crippen LogP contribution < -0.4 is 10.6 Å². The summed E-state index contributed by atoms with van der Waals surface area (Å²) in [6, 6.07) is 4.11. The zero-order valence-corrected chi connectivity index (χ0v) is 10.8. The topological polar surface area (TPSA) is 139 Å². The monoisotopic (exact) mass is 293 g/mol. The molecule has 2 rings (SSSR count). The Kier molecular flexibility index (Phi) is 3.34. The minimum absolute atomic E-state index is 0.0370. The number of nitro groups is 1. The smallest absolute Gasteiger partial charge is 0.322 e. The van der Waals surface area contributed by atoms with Gasteiger partial charge in [-0.3, -0.25) is 25.0 Å². The zero-order valence-electron chi connectivity index (χ0n) is 10.8. The van der Waals surface area contributed by atoms with Gasteiger partial charge in [0.25, 0.3) is 11.6 Å². The standard InChI is InChI=1S/C12H11N3O6/c1-6(9(16)17)12(10(18)13-11(19)14-12)7-3-2-4-8(5-7)15(20)21/h2-6H,1H3,(H,16,17)(H2,13,14,18,19). The minimum Gasteiger partial charge on any atom is -0.481 e. The molecule has 1 aromatic carbocycles. The van der Waals surface area contributed by atoms with Gasteiger partial charge in [-0.1, -0.05) is 12.1 Å². The summed E-state index contributed by atoms with van der Waals surface area (Å²) in [5, 5.41) is 24.3. The van der Waals surface area contributed by atoms with E-state index >= 15 is 0 Å². The summed E-state index contributed by atoms with van der Waals surface area (Å²) in [7, 11) is 0. The maximum absolute atomic E-state index is 12.1. The highest BCUT2D eigenvalue weighted by Crippen LogP contribution is 2.34. The molecule has 1 fully saturated rings. The molecule has 1 aliphatic rings. The first kappa shape index (κ1) is 14.4. The van der Waals surface area contributed by atoms with Crippen molar-refractivity contribution in [2.24, 2.45) is 5.92 Å². The highest BCUT2D eigenvalue weighted by molar-refractivity contribution is 6.09. The summed E-state index contributed by atoms with van der Waals surface area (Å²) in [5.41, 5.74) is -2.15. The van der Waals surface area contributed by atoms with Crippen LogP contribution in [-0.2, 0) is 15.1 Å². The molecule has 0 aromatic heterocycles. The molecule has 9 nitrogen and oxygen atoms in total. The predicted molar refractivity (Wildman–Crippen MR) is 68.2 cm³/mol. The Morgan fingerprint density at radius 3 is 2.57 bits per heavy atom. The van der Waals surface area contributed by atoms with E-state index in [1.165, 1.54) is 25.1 Å². The molecular formula is C12H11N3O6. The van der Waals surface area contributed by atoms with Crippen LogP contribution in [0.15, 0.2) is 24.3 Å². The first-order valence-corrected chi connectivity index (χ1v) is 5.90. The Labute approximate surface area is 118 Å². The number of benzene rings is 1. The summed E-state index contributed by atoms with van der Waals surface area (Å²) in [4.78, 5) is 44.9. The fraction of sp³-hybridized carbons (Fsp3) is 0.250. The quantitative estimate of drug-likeness (QED) is 0.416. The normalized spacial score (nSPS) is 22.3. The fourth-order valence-electron chi connectivity index (χ4n) is 2.28. The average molecular weight is 293 g/mol. The van der Waals surface area contributed by atoms with E-state index in [0.29, 0.717) is 0 Å². The Balaban J connectivity index is 2.64. The van der Waals surface area contributed by atoms with Gasteiger partial charge in [0.15, 0.2) is 5.54 Å². The van der Waals surface area contributed by atoms with Gasteiger partial charge in [-0.2, -0.15) is 0 Å². The summed E-state index contributed by atoms with van der Waals surface area (Å²) < 4.78 is 0. The number of nitro benzene ring substituents is 1. The Hall–Kier alpha value is -2.97. The molecule has 1 saturated heterocycles. The van der Waals surface area contributed by atoms with Crippen molar-refractivity contribution in [1.29, 1.82) is 0 Å². The van der Waals surface area contributed by atoms with Crippen LogP contribution in [0.2, 0.25) is 0 Å². The van der Waals surface area contributed by atoms with Crippen molar-refractivity contribution < 1.29 is 24.4 Å². The van der Waals surface area contributed by atoms with E-state index in [1.54, 1.807) is 0 Å². The van der Waals surface area contributed by atoms with Gasteiger partial charge in [-0.05, 0) is 12.5 Å². The molecule has 1 aliphatic heterocycles. The molecule has 0 bridgehead atoms. The number of urea groups is 1. The number of rotatable bonds is 4. The van der Waals surface area contributed by atoms with Crippen molar-refractivity contribution in [1.82, 2.24) is 10.6 Å². The highest BCUT2D eigenvalue weighted by atomic mass is 16.6. The first-order chi connectivity index (χ1) is 9.79. The number of carbonyl (C=O) groups is 3. The molecule has 0 saturated carbocycles. The largest absolute Gasteiger partial charge is 0.481 e. The SMILES string of the molecule is CC(C(=O)O)C1(c2cccc([N+](=O)[O-])c2)NC(=O)NC1=O. The molecule has 110 valence electrons. The number of carbonyl (C=O) groups excluding carboxylic acids is 2. The molecule has 0 aliphatic carbocycles. The van der Waals surface area contributed by atoms with E-state index in [1.807, 2.05) is 5.32 Å². The highest BCUT2D eigenvalue weighted by Gasteiger charge is 2.54. The van der Waals surface area contributed by atoms with Crippen molar-refractivity contribution in [2.75, 3.05) is 0 Å². The Morgan fingerprint density at radius 1 is 1.43 bits per heavy atom. The second-order valence-corrected chi connectivity index (χ2v) is 4.58. The number of carboxylic acid groups (broad SMARTS) is 1. The van der Waals surface area contributed by atoms with Gasteiger partial charge >= 0.3 is 12.0 Å². The molecule has 2 unspecified atom stereocenters. The number of nitrogens with one attached hydrogen (secondary N) is 2. The van der Waals surface area contributed by atoms with Crippen molar-refractivity contribution >= 4 is 23.6 Å². The van der Waals surface area contributed by atoms with Gasteiger partial charge in [0.05, 0.1) is 10.8 Å². The number of hydrogen-bond acceptors (Lipinski definition) is 5. The van der Waals surface area contributed by atoms with Crippen molar-refractivity contribution in [3.05, 3.63) is 39.9 Å². The summed E-state index contributed by atoms with van der Waals surface area (Å²) in [6.45, 7) is 1.24. The predicted octanol–water partition coefficient (Wildman–Crippen LogP) is 0.350. The minimum atomic E-state index is -1.88. The van der Waals surface area contributed by atoms with Crippen LogP contribution >= 0.6 is 0 Å². The number of non-ortho nitro benzene ring substituents is 1. The van der Waals surface area contributed by atoms with Gasteiger partial charge in [0.2, 0.25) is 0 Å². The molecule has 1 heterocycles. The number of hydrogen-bond donors (Lipinski definition) is 3. The van der Waals surface area contributed by atoms with Crippen LogP contribution in [0.25, 0.3) is 0 Å². The van der Waals surface area contributed by atoms with Gasteiger partial charge in [-0.15, -0.1) is 0 Å². The van der Waals surface area contributed by atoms with Crippen LogP contribution in [0.1, 0.15) is 12.5 Å². The first-order valence-electron chi connectivity index (χ1n) is 5.90. The lowest BCUT2D eigenvalue weighted by molar-refractivity contribution is -0.385. The lowest BCUT2D eigenvalue weighted by Gasteiger charge is -2.30. The lowest BCUT2D eigenvalue weighted by Crippen LogP contribution is -2.51. The van der Waals surface area contributed by atoms with E-state index in [2.05, 4.69) is 5.32 Å². The second kappa shape index (κ2) is 4.85. The Morgan fingerprint density at radius 2 is 2.10 bits per heavy atom. The van der Waals surface area contributed by atoms with E-state index in [4.69, 9.17) is 0 Å². The maximum Gasteiger partial charge on any atom is 0.322 e. The van der Waals surface area contributed by atoms with E-state index in [9.17, 15) is 29.6 Å². The molecule has 0 radical (unpaired) electrons. The van der Waals surface area contributed by atoms with E-state index in [0.717, 1.165) is 6.07 Å². The van der Waals surface area contributed by atoms with Crippen LogP contribution in [0.3, 0.4) is 0 Å². The number of carboxylic acids is 1. The van der Waals surface area contributed by atoms with Gasteiger partial charge < -0.3 is 10.4 Å². The van der Waals surface area contributed by atoms with Crippen molar-refractivity contribution in [2.45, 2.75) is 12.5 Å². The molecule has 21 heavy (non-hydrogen) atoms. The fourth-order valence-corrected chi connectivity index (χ4v) is 2.28. The van der Waals surface area contributed by atoms with Crippen molar-refractivity contribution in [3.63, 3.8) is 0 Å². The summed E-state index contributed by atoms with van der Waals surface area (Å²) >= 11 is 0. The zero-order chi connectivity index (χ0) is 15.8. The molecule has 9 heteroatoms. The Bertz CT molecular complexity index is 658. The molecule has 0 spiro atoms. The number of imide groups is 1. The molecule has 1 aromatic rings. The van der Waals surface area contributed by atoms with E-state index < -0.39 is 34.3 Å². The van der Waals surface area contributed by atoms with Gasteiger partial charge in [-0.25, -0.2) is 4.79 Å². The molecular weight excluding hydrogens is 282 g/mol.